The highest BCUT2D eigenvalue weighted by Crippen LogP contribution is 2.20. The molecule has 1 aromatic heterocycles. The molecule has 2 N–H and O–H groups in total. The van der Waals surface area contributed by atoms with E-state index in [1.54, 1.807) is 37.4 Å². The molecule has 0 amide bonds. The molecule has 0 aliphatic rings. The summed E-state index contributed by atoms with van der Waals surface area (Å²) in [4.78, 5) is 5.24. The van der Waals surface area contributed by atoms with Gasteiger partial charge in [-0.2, -0.15) is 0 Å². The third kappa shape index (κ3) is 4.60. The fraction of sp³-hybridized carbons (Fsp3) is 0.357. The van der Waals surface area contributed by atoms with Gasteiger partial charge in [-0.15, -0.1) is 11.3 Å². The van der Waals surface area contributed by atoms with E-state index in [0.29, 0.717) is 11.1 Å². The number of nitrogens with zero attached hydrogens (tertiary/aromatic N) is 1. The van der Waals surface area contributed by atoms with Crippen molar-refractivity contribution < 1.29 is 13.5 Å². The van der Waals surface area contributed by atoms with Crippen LogP contribution in [-0.2, 0) is 22.4 Å². The van der Waals surface area contributed by atoms with Crippen molar-refractivity contribution in [2.75, 3.05) is 0 Å². The largest absolute Gasteiger partial charge is 0.392 e. The normalized spacial score (nSPS) is 13.3. The molecule has 1 heterocycles. The van der Waals surface area contributed by atoms with Gasteiger partial charge in [0, 0.05) is 11.1 Å². The van der Waals surface area contributed by atoms with Crippen LogP contribution in [0.2, 0.25) is 0 Å². The molecule has 7 heteroatoms. The molecular formula is C14H18N2O3S2. The number of aromatic nitrogens is 1. The van der Waals surface area contributed by atoms with E-state index in [1.807, 2.05) is 6.92 Å². The Hall–Kier alpha value is -1.28. The number of thiazole rings is 1. The van der Waals surface area contributed by atoms with Gasteiger partial charge in [0.15, 0.2) is 0 Å². The van der Waals surface area contributed by atoms with Gasteiger partial charge in [-0.25, -0.2) is 18.1 Å². The number of hydrogen-bond acceptors (Lipinski definition) is 5. The third-order valence-electron chi connectivity index (χ3n) is 2.90. The molecule has 1 aromatic carbocycles. The van der Waals surface area contributed by atoms with Crippen molar-refractivity contribution in [1.29, 1.82) is 0 Å². The smallest absolute Gasteiger partial charge is 0.216 e. The van der Waals surface area contributed by atoms with Gasteiger partial charge in [0.1, 0.15) is 5.01 Å². The van der Waals surface area contributed by atoms with Crippen LogP contribution in [0.5, 0.6) is 0 Å². The standard InChI is InChI=1S/C14H18N2O3S2/c1-10-7-15-14(20-10)11(2)16-21(18,19)9-13-5-3-4-12(6-13)8-17/h3-7,11,16-17H,8-9H2,1-2H3. The molecule has 0 saturated carbocycles. The molecule has 0 saturated heterocycles. The van der Waals surface area contributed by atoms with Crippen LogP contribution in [0.1, 0.15) is 34.0 Å². The minimum atomic E-state index is -3.46. The van der Waals surface area contributed by atoms with Crippen LogP contribution in [0, 0.1) is 6.92 Å². The molecule has 0 fully saturated rings. The first kappa shape index (κ1) is 16.1. The van der Waals surface area contributed by atoms with Gasteiger partial charge in [-0.3, -0.25) is 0 Å². The van der Waals surface area contributed by atoms with Crippen LogP contribution in [0.4, 0.5) is 0 Å². The Bertz CT molecular complexity index is 711. The van der Waals surface area contributed by atoms with E-state index in [2.05, 4.69) is 9.71 Å². The zero-order valence-electron chi connectivity index (χ0n) is 11.9. The van der Waals surface area contributed by atoms with E-state index in [0.717, 1.165) is 9.88 Å². The number of aliphatic hydroxyl groups is 1. The summed E-state index contributed by atoms with van der Waals surface area (Å²) in [6.07, 6.45) is 1.73. The van der Waals surface area contributed by atoms with Gasteiger partial charge in [0.2, 0.25) is 10.0 Å². The molecule has 2 aromatic rings. The van der Waals surface area contributed by atoms with Crippen molar-refractivity contribution >= 4 is 21.4 Å². The van der Waals surface area contributed by atoms with Gasteiger partial charge in [0.05, 0.1) is 18.4 Å². The van der Waals surface area contributed by atoms with Crippen LogP contribution in [0.3, 0.4) is 0 Å². The fourth-order valence-electron chi connectivity index (χ4n) is 1.97. The summed E-state index contributed by atoms with van der Waals surface area (Å²) in [7, 11) is -3.46. The van der Waals surface area contributed by atoms with E-state index in [1.165, 1.54) is 11.3 Å². The highest BCUT2D eigenvalue weighted by molar-refractivity contribution is 7.88. The summed E-state index contributed by atoms with van der Waals surface area (Å²) >= 11 is 1.48. The third-order valence-corrected chi connectivity index (χ3v) is 5.42. The van der Waals surface area contributed by atoms with Crippen LogP contribution < -0.4 is 4.72 Å². The number of rotatable bonds is 6. The molecular weight excluding hydrogens is 308 g/mol. The monoisotopic (exact) mass is 326 g/mol. The Kier molecular flexibility index (Phi) is 5.10. The van der Waals surface area contributed by atoms with E-state index >= 15 is 0 Å². The molecule has 114 valence electrons. The predicted octanol–water partition coefficient (Wildman–Crippen LogP) is 2.12. The maximum absolute atomic E-state index is 12.2. The van der Waals surface area contributed by atoms with Crippen molar-refractivity contribution in [3.63, 3.8) is 0 Å². The minimum Gasteiger partial charge on any atom is -0.392 e. The Balaban J connectivity index is 2.07. The van der Waals surface area contributed by atoms with Crippen molar-refractivity contribution in [2.24, 2.45) is 0 Å². The molecule has 0 aliphatic heterocycles. The first-order valence-electron chi connectivity index (χ1n) is 6.50. The second-order valence-electron chi connectivity index (χ2n) is 4.89. The van der Waals surface area contributed by atoms with E-state index in [4.69, 9.17) is 5.11 Å². The lowest BCUT2D eigenvalue weighted by Gasteiger charge is -2.12. The zero-order valence-corrected chi connectivity index (χ0v) is 13.5. The summed E-state index contributed by atoms with van der Waals surface area (Å²) in [6, 6.07) is 6.57. The number of nitrogens with one attached hydrogen (secondary N) is 1. The lowest BCUT2D eigenvalue weighted by Crippen LogP contribution is -2.28. The quantitative estimate of drug-likeness (QED) is 0.852. The van der Waals surface area contributed by atoms with Crippen LogP contribution >= 0.6 is 11.3 Å². The van der Waals surface area contributed by atoms with Crippen LogP contribution in [0.25, 0.3) is 0 Å². The Morgan fingerprint density at radius 3 is 2.71 bits per heavy atom. The molecule has 5 nitrogen and oxygen atoms in total. The average Bonchev–Trinajstić information content (AvgIpc) is 2.84. The summed E-state index contributed by atoms with van der Waals surface area (Å²) < 4.78 is 27.0. The van der Waals surface area contributed by atoms with E-state index < -0.39 is 10.0 Å². The summed E-state index contributed by atoms with van der Waals surface area (Å²) in [5.74, 6) is -0.116. The average molecular weight is 326 g/mol. The topological polar surface area (TPSA) is 79.3 Å². The molecule has 0 radical (unpaired) electrons. The highest BCUT2D eigenvalue weighted by Gasteiger charge is 2.18. The first-order valence-corrected chi connectivity index (χ1v) is 8.97. The minimum absolute atomic E-state index is 0.101. The zero-order chi connectivity index (χ0) is 15.5. The van der Waals surface area contributed by atoms with Gasteiger partial charge in [0.25, 0.3) is 0 Å². The number of aryl methyl sites for hydroxylation is 1. The molecule has 0 aliphatic carbocycles. The molecule has 2 rings (SSSR count). The molecule has 21 heavy (non-hydrogen) atoms. The van der Waals surface area contributed by atoms with Crippen molar-refractivity contribution in [3.05, 3.63) is 51.5 Å². The predicted molar refractivity (Wildman–Crippen MR) is 83.4 cm³/mol. The Morgan fingerprint density at radius 2 is 2.10 bits per heavy atom. The number of sulfonamides is 1. The Morgan fingerprint density at radius 1 is 1.38 bits per heavy atom. The van der Waals surface area contributed by atoms with E-state index in [9.17, 15) is 8.42 Å². The van der Waals surface area contributed by atoms with E-state index in [-0.39, 0.29) is 18.4 Å². The summed E-state index contributed by atoms with van der Waals surface area (Å²) in [6.45, 7) is 3.61. The fourth-order valence-corrected chi connectivity index (χ4v) is 4.17. The number of aliphatic hydroxyl groups excluding tert-OH is 1. The maximum atomic E-state index is 12.2. The summed E-state index contributed by atoms with van der Waals surface area (Å²) in [5, 5.41) is 9.83. The lowest BCUT2D eigenvalue weighted by molar-refractivity contribution is 0.282. The van der Waals surface area contributed by atoms with Crippen LogP contribution in [0.15, 0.2) is 30.5 Å². The second kappa shape index (κ2) is 6.65. The van der Waals surface area contributed by atoms with Crippen molar-refractivity contribution in [1.82, 2.24) is 9.71 Å². The van der Waals surface area contributed by atoms with Gasteiger partial charge in [-0.05, 0) is 25.0 Å². The van der Waals surface area contributed by atoms with Gasteiger partial charge in [-0.1, -0.05) is 24.3 Å². The molecule has 1 atom stereocenters. The summed E-state index contributed by atoms with van der Waals surface area (Å²) in [5.41, 5.74) is 1.35. The highest BCUT2D eigenvalue weighted by atomic mass is 32.2. The van der Waals surface area contributed by atoms with Crippen LogP contribution in [-0.4, -0.2) is 18.5 Å². The number of hydrogen-bond donors (Lipinski definition) is 2. The second-order valence-corrected chi connectivity index (χ2v) is 7.91. The molecule has 0 spiro atoms. The SMILES string of the molecule is Cc1cnc(C(C)NS(=O)(=O)Cc2cccc(CO)c2)s1. The molecule has 0 bridgehead atoms. The first-order chi connectivity index (χ1) is 9.89. The van der Waals surface area contributed by atoms with Crippen molar-refractivity contribution in [3.8, 4) is 0 Å². The lowest BCUT2D eigenvalue weighted by atomic mass is 10.1. The van der Waals surface area contributed by atoms with Gasteiger partial charge >= 0.3 is 0 Å². The molecule has 1 unspecified atom stereocenters. The Labute approximate surface area is 128 Å². The number of benzene rings is 1. The van der Waals surface area contributed by atoms with Gasteiger partial charge < -0.3 is 5.11 Å². The maximum Gasteiger partial charge on any atom is 0.216 e. The van der Waals surface area contributed by atoms with Crippen molar-refractivity contribution in [2.45, 2.75) is 32.2 Å².